The van der Waals surface area contributed by atoms with Crippen molar-refractivity contribution < 1.29 is 0 Å². The molecule has 0 saturated heterocycles. The molecule has 0 spiro atoms. The number of rotatable bonds is 2. The van der Waals surface area contributed by atoms with Crippen LogP contribution in [0.25, 0.3) is 0 Å². The van der Waals surface area contributed by atoms with E-state index in [1.165, 1.54) is 38.3 Å². The average Bonchev–Trinajstić information content (AvgIpc) is 1.91. The van der Waals surface area contributed by atoms with Gasteiger partial charge in [0.25, 0.3) is 0 Å². The summed E-state index contributed by atoms with van der Waals surface area (Å²) >= 11 is 0. The van der Waals surface area contributed by atoms with Gasteiger partial charge in [0.2, 0.25) is 0 Å². The van der Waals surface area contributed by atoms with Crippen molar-refractivity contribution in [3.63, 3.8) is 0 Å². The Morgan fingerprint density at radius 2 is 2.33 bits per heavy atom. The van der Waals surface area contributed by atoms with Gasteiger partial charge in [-0.1, -0.05) is 11.6 Å². The van der Waals surface area contributed by atoms with Crippen LogP contribution in [0.5, 0.6) is 0 Å². The highest BCUT2D eigenvalue weighted by Crippen LogP contribution is 2.20. The predicted octanol–water partition coefficient (Wildman–Crippen LogP) is 2.75. The zero-order valence-electron chi connectivity index (χ0n) is 5.90. The fourth-order valence-electron chi connectivity index (χ4n) is 1.32. The molecule has 1 rings (SSSR count). The molecule has 0 N–H and O–H groups in total. The second-order valence-electron chi connectivity index (χ2n) is 2.65. The first-order chi connectivity index (χ1) is 4.43. The minimum absolute atomic E-state index is 1.24. The second-order valence-corrected chi connectivity index (χ2v) is 3.22. The number of allylic oxidation sites excluding steroid dienone is 2. The van der Waals surface area contributed by atoms with Crippen molar-refractivity contribution in [2.75, 3.05) is 6.16 Å². The molecule has 0 aromatic rings. The molecule has 0 aromatic carbocycles. The summed E-state index contributed by atoms with van der Waals surface area (Å²) in [6, 6.07) is 0. The molecule has 0 nitrogen and oxygen atoms in total. The summed E-state index contributed by atoms with van der Waals surface area (Å²) in [6.07, 6.45) is 10.5. The number of hydrogen-bond acceptors (Lipinski definition) is 0. The molecule has 1 aliphatic carbocycles. The highest BCUT2D eigenvalue weighted by Gasteiger charge is 2.00. The second kappa shape index (κ2) is 4.06. The molecule has 52 valence electrons. The summed E-state index contributed by atoms with van der Waals surface area (Å²) in [5.74, 6) is 0. The molecule has 1 atom stereocenters. The molecule has 1 heteroatoms. The van der Waals surface area contributed by atoms with Crippen LogP contribution < -0.4 is 0 Å². The lowest BCUT2D eigenvalue weighted by atomic mass is 9.98. The van der Waals surface area contributed by atoms with Crippen molar-refractivity contribution in [2.45, 2.75) is 32.1 Å². The van der Waals surface area contributed by atoms with E-state index in [1.54, 1.807) is 5.57 Å². The molecule has 0 heterocycles. The Bertz CT molecular complexity index is 105. The van der Waals surface area contributed by atoms with Gasteiger partial charge in [-0.2, -0.15) is 0 Å². The van der Waals surface area contributed by atoms with Crippen LogP contribution in [0.4, 0.5) is 0 Å². The summed E-state index contributed by atoms with van der Waals surface area (Å²) < 4.78 is 0. The van der Waals surface area contributed by atoms with Crippen LogP contribution in [0.2, 0.25) is 0 Å². The summed E-state index contributed by atoms with van der Waals surface area (Å²) in [5.41, 5.74) is 1.69. The third kappa shape index (κ3) is 2.49. The zero-order valence-corrected chi connectivity index (χ0v) is 7.05. The quantitative estimate of drug-likeness (QED) is 0.411. The van der Waals surface area contributed by atoms with E-state index in [0.717, 1.165) is 0 Å². The summed E-state index contributed by atoms with van der Waals surface area (Å²) in [7, 11) is 2.79. The van der Waals surface area contributed by atoms with Crippen molar-refractivity contribution in [2.24, 2.45) is 0 Å². The lowest BCUT2D eigenvalue weighted by molar-refractivity contribution is 0.685. The Kier molecular flexibility index (Phi) is 3.28. The Morgan fingerprint density at radius 1 is 1.44 bits per heavy atom. The van der Waals surface area contributed by atoms with E-state index < -0.39 is 0 Å². The van der Waals surface area contributed by atoms with Crippen LogP contribution in [0.1, 0.15) is 32.1 Å². The summed E-state index contributed by atoms with van der Waals surface area (Å²) in [4.78, 5) is 0. The van der Waals surface area contributed by atoms with Gasteiger partial charge in [0, 0.05) is 0 Å². The van der Waals surface area contributed by atoms with Gasteiger partial charge in [-0.15, -0.1) is 9.24 Å². The van der Waals surface area contributed by atoms with Crippen LogP contribution in [-0.2, 0) is 0 Å². The first-order valence-corrected chi connectivity index (χ1v) is 4.63. The molecule has 1 unspecified atom stereocenters. The SMILES string of the molecule is PCCC1=CCCCC1. The summed E-state index contributed by atoms with van der Waals surface area (Å²) in [5, 5.41) is 0. The smallest absolute Gasteiger partial charge is 0.0286 e. The van der Waals surface area contributed by atoms with Gasteiger partial charge in [-0.05, 0) is 38.3 Å². The van der Waals surface area contributed by atoms with Crippen molar-refractivity contribution in [3.8, 4) is 0 Å². The Morgan fingerprint density at radius 3 is 2.89 bits per heavy atom. The maximum atomic E-state index is 2.79. The molecule has 0 aliphatic heterocycles. The monoisotopic (exact) mass is 142 g/mol. The highest BCUT2D eigenvalue weighted by molar-refractivity contribution is 7.16. The first-order valence-electron chi connectivity index (χ1n) is 3.81. The third-order valence-electron chi connectivity index (χ3n) is 1.85. The maximum Gasteiger partial charge on any atom is -0.0286 e. The largest absolute Gasteiger partial charge is 0.137 e. The van der Waals surface area contributed by atoms with Crippen LogP contribution in [0, 0.1) is 0 Å². The van der Waals surface area contributed by atoms with E-state index in [2.05, 4.69) is 15.3 Å². The Balaban J connectivity index is 2.28. The summed E-state index contributed by atoms with van der Waals surface area (Å²) in [6.45, 7) is 0. The van der Waals surface area contributed by atoms with Gasteiger partial charge in [0.05, 0.1) is 0 Å². The molecule has 0 aromatic heterocycles. The van der Waals surface area contributed by atoms with Gasteiger partial charge in [0.15, 0.2) is 0 Å². The van der Waals surface area contributed by atoms with Crippen molar-refractivity contribution >= 4 is 9.24 Å². The van der Waals surface area contributed by atoms with E-state index in [0.29, 0.717) is 0 Å². The predicted molar refractivity (Wildman–Crippen MR) is 45.7 cm³/mol. The maximum absolute atomic E-state index is 2.79. The third-order valence-corrected chi connectivity index (χ3v) is 2.14. The van der Waals surface area contributed by atoms with E-state index in [9.17, 15) is 0 Å². The fourth-order valence-corrected chi connectivity index (χ4v) is 1.69. The molecular weight excluding hydrogens is 127 g/mol. The van der Waals surface area contributed by atoms with Crippen LogP contribution in [-0.4, -0.2) is 6.16 Å². The van der Waals surface area contributed by atoms with Crippen LogP contribution >= 0.6 is 9.24 Å². The van der Waals surface area contributed by atoms with Crippen molar-refractivity contribution in [1.82, 2.24) is 0 Å². The van der Waals surface area contributed by atoms with Gasteiger partial charge < -0.3 is 0 Å². The van der Waals surface area contributed by atoms with Gasteiger partial charge in [0.1, 0.15) is 0 Å². The van der Waals surface area contributed by atoms with E-state index in [4.69, 9.17) is 0 Å². The zero-order chi connectivity index (χ0) is 6.53. The number of hydrogen-bond donors (Lipinski definition) is 0. The Labute approximate surface area is 59.9 Å². The normalized spacial score (nSPS) is 19.4. The molecule has 0 bridgehead atoms. The van der Waals surface area contributed by atoms with Gasteiger partial charge >= 0.3 is 0 Å². The lowest BCUT2D eigenvalue weighted by Crippen LogP contribution is -1.91. The van der Waals surface area contributed by atoms with Crippen molar-refractivity contribution in [3.05, 3.63) is 11.6 Å². The molecule has 1 aliphatic rings. The fraction of sp³-hybridized carbons (Fsp3) is 0.750. The minimum Gasteiger partial charge on any atom is -0.137 e. The highest BCUT2D eigenvalue weighted by atomic mass is 31.0. The van der Waals surface area contributed by atoms with Crippen molar-refractivity contribution in [1.29, 1.82) is 0 Å². The van der Waals surface area contributed by atoms with E-state index in [1.807, 2.05) is 0 Å². The van der Waals surface area contributed by atoms with Gasteiger partial charge in [-0.3, -0.25) is 0 Å². The molecule has 0 fully saturated rings. The van der Waals surface area contributed by atoms with Gasteiger partial charge in [-0.25, -0.2) is 0 Å². The van der Waals surface area contributed by atoms with Crippen LogP contribution in [0.15, 0.2) is 11.6 Å². The minimum atomic E-state index is 1.24. The molecule has 0 saturated carbocycles. The van der Waals surface area contributed by atoms with E-state index >= 15 is 0 Å². The molecule has 0 radical (unpaired) electrons. The lowest BCUT2D eigenvalue weighted by Gasteiger charge is -2.10. The molecule has 9 heavy (non-hydrogen) atoms. The Hall–Kier alpha value is 0.170. The average molecular weight is 142 g/mol. The molecule has 0 amide bonds. The molecular formula is C8H15P. The standard InChI is InChI=1S/C8H15P/c9-7-6-8-4-2-1-3-5-8/h4H,1-3,5-7,9H2. The first kappa shape index (κ1) is 7.28. The van der Waals surface area contributed by atoms with E-state index in [-0.39, 0.29) is 0 Å². The van der Waals surface area contributed by atoms with Crippen LogP contribution in [0.3, 0.4) is 0 Å². The topological polar surface area (TPSA) is 0 Å².